The molecule has 0 aliphatic carbocycles. The van der Waals surface area contributed by atoms with Gasteiger partial charge in [0.05, 0.1) is 0 Å². The number of nitrogens with zero attached hydrogens (tertiary/aromatic N) is 2. The van der Waals surface area contributed by atoms with Crippen LogP contribution in [0.15, 0.2) is 9.59 Å². The highest BCUT2D eigenvalue weighted by Gasteiger charge is 2.45. The zero-order chi connectivity index (χ0) is 15.1. The monoisotopic (exact) mass is 282 g/mol. The summed E-state index contributed by atoms with van der Waals surface area (Å²) in [4.78, 5) is 27.7. The smallest absolute Gasteiger partial charge is 0.330 e. The van der Waals surface area contributed by atoms with Crippen molar-refractivity contribution in [3.05, 3.63) is 20.8 Å². The average Bonchev–Trinajstić information content (AvgIpc) is 2.31. The molecule has 112 valence electrons. The van der Waals surface area contributed by atoms with E-state index in [2.05, 4.69) is 4.98 Å². The molecule has 4 N–H and O–H groups in total. The minimum absolute atomic E-state index is 0.0978. The molecular weight excluding hydrogens is 260 g/mol. The van der Waals surface area contributed by atoms with Gasteiger partial charge in [-0.1, -0.05) is 20.8 Å². The van der Waals surface area contributed by atoms with Gasteiger partial charge in [-0.05, 0) is 12.3 Å². The van der Waals surface area contributed by atoms with E-state index in [0.29, 0.717) is 19.6 Å². The topological polar surface area (TPSA) is 104 Å². The van der Waals surface area contributed by atoms with Gasteiger partial charge >= 0.3 is 5.69 Å². The van der Waals surface area contributed by atoms with Crippen molar-refractivity contribution >= 4 is 11.5 Å². The number of nitrogen functional groups attached to an aromatic ring is 1. The number of aliphatic hydroxyl groups is 1. The van der Waals surface area contributed by atoms with Crippen molar-refractivity contribution in [2.45, 2.75) is 39.3 Å². The second-order valence-electron chi connectivity index (χ2n) is 5.76. The van der Waals surface area contributed by atoms with Crippen LogP contribution in [0.1, 0.15) is 27.2 Å². The van der Waals surface area contributed by atoms with E-state index in [1.165, 1.54) is 4.57 Å². The molecule has 20 heavy (non-hydrogen) atoms. The quantitative estimate of drug-likeness (QED) is 0.705. The van der Waals surface area contributed by atoms with Crippen LogP contribution in [0.4, 0.5) is 11.5 Å². The molecule has 0 amide bonds. The second-order valence-corrected chi connectivity index (χ2v) is 5.76. The highest BCUT2D eigenvalue weighted by atomic mass is 16.3. The Morgan fingerprint density at radius 1 is 1.40 bits per heavy atom. The molecule has 0 spiro atoms. The van der Waals surface area contributed by atoms with E-state index < -0.39 is 16.9 Å². The van der Waals surface area contributed by atoms with Gasteiger partial charge in [-0.25, -0.2) is 4.79 Å². The van der Waals surface area contributed by atoms with Crippen molar-refractivity contribution < 1.29 is 5.11 Å². The molecule has 1 fully saturated rings. The van der Waals surface area contributed by atoms with Gasteiger partial charge in [-0.15, -0.1) is 0 Å². The summed E-state index contributed by atoms with van der Waals surface area (Å²) in [6, 6.07) is 0. The van der Waals surface area contributed by atoms with Crippen molar-refractivity contribution in [3.8, 4) is 0 Å². The molecule has 0 atom stereocenters. The Kier molecular flexibility index (Phi) is 3.64. The van der Waals surface area contributed by atoms with Crippen molar-refractivity contribution in [3.63, 3.8) is 0 Å². The second kappa shape index (κ2) is 4.97. The maximum atomic E-state index is 12.0. The molecule has 0 radical (unpaired) electrons. The van der Waals surface area contributed by atoms with E-state index in [1.54, 1.807) is 4.90 Å². The van der Waals surface area contributed by atoms with Gasteiger partial charge in [0.2, 0.25) is 0 Å². The summed E-state index contributed by atoms with van der Waals surface area (Å²) in [6.07, 6.45) is 0.742. The lowest BCUT2D eigenvalue weighted by atomic mass is 9.83. The standard InChI is InChI=1S/C13H22N4O3/c1-4-5-17-10(14)9(11(18)15-12(17)19)16-6-13(20,7-16)8(2)3/h8,20H,4-7,14H2,1-3H3,(H,15,18,19). The summed E-state index contributed by atoms with van der Waals surface area (Å²) in [5.41, 5.74) is 4.46. The van der Waals surface area contributed by atoms with Crippen LogP contribution >= 0.6 is 0 Å². The van der Waals surface area contributed by atoms with Crippen molar-refractivity contribution in [2.75, 3.05) is 23.7 Å². The number of hydrogen-bond donors (Lipinski definition) is 3. The zero-order valence-corrected chi connectivity index (χ0v) is 12.1. The molecule has 1 aliphatic rings. The van der Waals surface area contributed by atoms with Gasteiger partial charge in [0.1, 0.15) is 17.1 Å². The highest BCUT2D eigenvalue weighted by molar-refractivity contribution is 5.64. The van der Waals surface area contributed by atoms with Crippen LogP contribution in [0.5, 0.6) is 0 Å². The van der Waals surface area contributed by atoms with E-state index in [-0.39, 0.29) is 17.4 Å². The van der Waals surface area contributed by atoms with Gasteiger partial charge in [-0.2, -0.15) is 0 Å². The van der Waals surface area contributed by atoms with Gasteiger partial charge < -0.3 is 15.7 Å². The van der Waals surface area contributed by atoms with Crippen molar-refractivity contribution in [1.29, 1.82) is 0 Å². The first-order valence-electron chi connectivity index (χ1n) is 6.90. The van der Waals surface area contributed by atoms with Gasteiger partial charge in [0.25, 0.3) is 5.56 Å². The van der Waals surface area contributed by atoms with Gasteiger partial charge in [-0.3, -0.25) is 14.3 Å². The third kappa shape index (κ3) is 2.22. The number of nitrogens with two attached hydrogens (primary N) is 1. The molecule has 1 aliphatic heterocycles. The Labute approximate surface area is 117 Å². The number of anilines is 2. The lowest BCUT2D eigenvalue weighted by molar-refractivity contribution is -0.0301. The van der Waals surface area contributed by atoms with E-state index in [9.17, 15) is 14.7 Å². The minimum Gasteiger partial charge on any atom is -0.386 e. The number of nitrogens with one attached hydrogen (secondary N) is 1. The Morgan fingerprint density at radius 3 is 2.50 bits per heavy atom. The molecule has 2 heterocycles. The first-order valence-corrected chi connectivity index (χ1v) is 6.90. The first kappa shape index (κ1) is 14.6. The fourth-order valence-electron chi connectivity index (χ4n) is 2.47. The van der Waals surface area contributed by atoms with Crippen LogP contribution < -0.4 is 21.9 Å². The van der Waals surface area contributed by atoms with Crippen LogP contribution in [0, 0.1) is 5.92 Å². The molecule has 7 heteroatoms. The summed E-state index contributed by atoms with van der Waals surface area (Å²) in [5.74, 6) is 0.270. The lowest BCUT2D eigenvalue weighted by Gasteiger charge is -2.50. The van der Waals surface area contributed by atoms with Crippen LogP contribution in [-0.4, -0.2) is 33.3 Å². The normalized spacial score (nSPS) is 17.4. The number of aromatic amines is 1. The summed E-state index contributed by atoms with van der Waals surface area (Å²) in [7, 11) is 0. The molecular formula is C13H22N4O3. The Hall–Kier alpha value is -1.76. The molecule has 1 aromatic heterocycles. The predicted molar refractivity (Wildman–Crippen MR) is 78.0 cm³/mol. The minimum atomic E-state index is -0.801. The first-order chi connectivity index (χ1) is 9.30. The van der Waals surface area contributed by atoms with Crippen LogP contribution in [0.2, 0.25) is 0 Å². The predicted octanol–water partition coefficient (Wildman–Crippen LogP) is -0.264. The SMILES string of the molecule is CCCn1c(N)c(N2CC(O)(C(C)C)C2)c(=O)[nH]c1=O. The molecule has 0 unspecified atom stereocenters. The Balaban J connectivity index is 2.37. The van der Waals surface area contributed by atoms with E-state index in [1.807, 2.05) is 20.8 Å². The summed E-state index contributed by atoms with van der Waals surface area (Å²) in [5, 5.41) is 10.3. The van der Waals surface area contributed by atoms with Gasteiger partial charge in [0.15, 0.2) is 0 Å². The lowest BCUT2D eigenvalue weighted by Crippen LogP contribution is -2.66. The molecule has 1 aromatic rings. The van der Waals surface area contributed by atoms with E-state index in [0.717, 1.165) is 6.42 Å². The summed E-state index contributed by atoms with van der Waals surface area (Å²) >= 11 is 0. The fourth-order valence-corrected chi connectivity index (χ4v) is 2.47. The van der Waals surface area contributed by atoms with Gasteiger partial charge in [0, 0.05) is 19.6 Å². The number of H-pyrrole nitrogens is 1. The summed E-state index contributed by atoms with van der Waals surface area (Å²) in [6.45, 7) is 6.95. The highest BCUT2D eigenvalue weighted by Crippen LogP contribution is 2.33. The summed E-state index contributed by atoms with van der Waals surface area (Å²) < 4.78 is 1.36. The number of β-amino-alcohol motifs (C(OH)–C–C–N with tert-alkyl or cyclic N) is 1. The zero-order valence-electron chi connectivity index (χ0n) is 12.1. The third-order valence-electron chi connectivity index (χ3n) is 3.98. The number of rotatable bonds is 4. The molecule has 2 rings (SSSR count). The number of hydrogen-bond acceptors (Lipinski definition) is 5. The molecule has 0 bridgehead atoms. The molecule has 1 saturated heterocycles. The van der Waals surface area contributed by atoms with Crippen molar-refractivity contribution in [2.24, 2.45) is 5.92 Å². The fraction of sp³-hybridized carbons (Fsp3) is 0.692. The molecule has 0 aromatic carbocycles. The van der Waals surface area contributed by atoms with Crippen LogP contribution in [-0.2, 0) is 6.54 Å². The Morgan fingerprint density at radius 2 is 2.00 bits per heavy atom. The average molecular weight is 282 g/mol. The van der Waals surface area contributed by atoms with E-state index >= 15 is 0 Å². The maximum Gasteiger partial charge on any atom is 0.330 e. The Bertz CT molecular complexity index is 611. The molecule has 0 saturated carbocycles. The third-order valence-corrected chi connectivity index (χ3v) is 3.98. The molecule has 7 nitrogen and oxygen atoms in total. The maximum absolute atomic E-state index is 12.0. The van der Waals surface area contributed by atoms with Crippen LogP contribution in [0.3, 0.4) is 0 Å². The van der Waals surface area contributed by atoms with E-state index in [4.69, 9.17) is 5.73 Å². The number of aromatic nitrogens is 2. The van der Waals surface area contributed by atoms with Crippen LogP contribution in [0.25, 0.3) is 0 Å². The van der Waals surface area contributed by atoms with Crippen molar-refractivity contribution in [1.82, 2.24) is 9.55 Å². The largest absolute Gasteiger partial charge is 0.386 e.